The first kappa shape index (κ1) is 44.1. The van der Waals surface area contributed by atoms with Crippen LogP contribution in [0.25, 0.3) is 11.4 Å². The van der Waals surface area contributed by atoms with E-state index < -0.39 is 0 Å². The van der Waals surface area contributed by atoms with E-state index in [2.05, 4.69) is 10.2 Å². The third-order valence-corrected chi connectivity index (χ3v) is 6.56. The van der Waals surface area contributed by atoms with Crippen molar-refractivity contribution in [1.82, 2.24) is 19.6 Å². The number of hydrogen-bond donors (Lipinski definition) is 2. The molecule has 0 aliphatic carbocycles. The maximum atomic E-state index is 12.5. The molecule has 0 aliphatic rings. The molecule has 0 aliphatic heterocycles. The Balaban J connectivity index is 0.000000809. The predicted octanol–water partition coefficient (Wildman–Crippen LogP) is 3.95. The van der Waals surface area contributed by atoms with Crippen LogP contribution in [0, 0.1) is 45.0 Å². The summed E-state index contributed by atoms with van der Waals surface area (Å²) in [6, 6.07) is 35.7. The van der Waals surface area contributed by atoms with Crippen LogP contribution in [0.15, 0.2) is 121 Å². The van der Waals surface area contributed by atoms with Gasteiger partial charge in [0.2, 0.25) is 0 Å². The summed E-state index contributed by atoms with van der Waals surface area (Å²) in [6.45, 7) is 3.36. The van der Waals surface area contributed by atoms with Crippen molar-refractivity contribution >= 4 is 11.6 Å². The quantitative estimate of drug-likeness (QED) is 0.233. The second-order valence-corrected chi connectivity index (χ2v) is 9.42. The standard InChI is InChI=1S/2C17H14N2O2.2CH4O.2O.U/c2*1-12-15(16(20)13-8-4-2-5-9-13)17(21)19(18-12)14-10-6-3-7-11-14;2*1-2;;;/h2*2-11,21H,1H3;2*2H,1H3;;;/q;;;;2*-2;/p-2. The van der Waals surface area contributed by atoms with Crippen LogP contribution in [-0.4, -0.2) is 55.6 Å². The summed E-state index contributed by atoms with van der Waals surface area (Å²) >= 11 is 0. The molecule has 0 unspecified atom stereocenters. The Hall–Kier alpha value is -4.87. The van der Waals surface area contributed by atoms with Crippen molar-refractivity contribution in [3.63, 3.8) is 0 Å². The molecular formula is C36H34N4O8U-6. The van der Waals surface area contributed by atoms with Crippen LogP contribution in [0.1, 0.15) is 43.2 Å². The van der Waals surface area contributed by atoms with Crippen molar-refractivity contribution in [2.45, 2.75) is 13.8 Å². The molecule has 0 spiro atoms. The Kier molecular flexibility index (Phi) is 19.7. The minimum absolute atomic E-state index is 0. The maximum Gasteiger partial charge on any atom is 0.195 e. The van der Waals surface area contributed by atoms with Crippen molar-refractivity contribution in [3.8, 4) is 23.1 Å². The number of hydrogen-bond acceptors (Lipinski definition) is 8. The van der Waals surface area contributed by atoms with E-state index in [0.29, 0.717) is 33.9 Å². The topological polar surface area (TPSA) is 213 Å². The molecule has 49 heavy (non-hydrogen) atoms. The third-order valence-electron chi connectivity index (χ3n) is 6.56. The van der Waals surface area contributed by atoms with Gasteiger partial charge in [0.15, 0.2) is 11.6 Å². The molecule has 0 saturated heterocycles. The van der Waals surface area contributed by atoms with E-state index in [4.69, 9.17) is 10.2 Å². The minimum Gasteiger partial charge on any atom is -2.00 e. The van der Waals surface area contributed by atoms with Crippen LogP contribution in [0.4, 0.5) is 0 Å². The van der Waals surface area contributed by atoms with Gasteiger partial charge in [0.05, 0.1) is 33.9 Å². The molecule has 0 fully saturated rings. The summed E-state index contributed by atoms with van der Waals surface area (Å²) in [7, 11) is 2.00. The van der Waals surface area contributed by atoms with Crippen LogP contribution < -0.4 is 10.2 Å². The van der Waals surface area contributed by atoms with E-state index in [9.17, 15) is 19.8 Å². The van der Waals surface area contributed by atoms with Gasteiger partial charge in [-0.25, -0.2) is 9.36 Å². The van der Waals surface area contributed by atoms with Crippen molar-refractivity contribution < 1.29 is 72.1 Å². The summed E-state index contributed by atoms with van der Waals surface area (Å²) in [5.74, 6) is -1.35. The summed E-state index contributed by atoms with van der Waals surface area (Å²) in [5.41, 5.74) is 3.43. The number of rotatable bonds is 6. The zero-order valence-electron chi connectivity index (χ0n) is 27.2. The number of carbonyl (C=O) groups excluding carboxylic acids is 2. The molecule has 13 heteroatoms. The molecular weight excluding hydrogens is 854 g/mol. The van der Waals surface area contributed by atoms with Crippen molar-refractivity contribution in [1.29, 1.82) is 0 Å². The van der Waals surface area contributed by atoms with Crippen LogP contribution in [0.2, 0.25) is 0 Å². The van der Waals surface area contributed by atoms with E-state index in [1.54, 1.807) is 86.6 Å². The molecule has 2 heterocycles. The first-order valence-electron chi connectivity index (χ1n) is 14.1. The van der Waals surface area contributed by atoms with Gasteiger partial charge in [-0.2, -0.15) is 10.2 Å². The van der Waals surface area contributed by atoms with Gasteiger partial charge in [0, 0.05) is 68.2 Å². The molecule has 0 bridgehead atoms. The largest absolute Gasteiger partial charge is 2.00 e. The molecule has 6 rings (SSSR count). The second kappa shape index (κ2) is 21.9. The molecule has 12 nitrogen and oxygen atoms in total. The number of aliphatic hydroxyl groups excluding tert-OH is 2. The van der Waals surface area contributed by atoms with E-state index in [1.807, 2.05) is 48.5 Å². The van der Waals surface area contributed by atoms with Gasteiger partial charge in [0.25, 0.3) is 0 Å². The number of aryl methyl sites for hydroxylation is 2. The van der Waals surface area contributed by atoms with Crippen LogP contribution in [0.3, 0.4) is 0 Å². The van der Waals surface area contributed by atoms with E-state index in [-0.39, 0.29) is 76.5 Å². The van der Waals surface area contributed by atoms with E-state index in [0.717, 1.165) is 14.2 Å². The van der Waals surface area contributed by atoms with Gasteiger partial charge >= 0.3 is 0 Å². The summed E-state index contributed by atoms with van der Waals surface area (Å²) < 4.78 is 2.54. The summed E-state index contributed by atoms with van der Waals surface area (Å²) in [5, 5.41) is 47.4. The summed E-state index contributed by atoms with van der Waals surface area (Å²) in [6.07, 6.45) is 0. The van der Waals surface area contributed by atoms with Crippen molar-refractivity contribution in [3.05, 3.63) is 155 Å². The maximum absolute atomic E-state index is 12.5. The predicted molar refractivity (Wildman–Crippen MR) is 173 cm³/mol. The molecule has 0 saturated carbocycles. The number of para-hydroxylation sites is 2. The van der Waals surface area contributed by atoms with E-state index in [1.165, 1.54) is 9.36 Å². The monoisotopic (exact) mass is 888 g/mol. The average molecular weight is 889 g/mol. The van der Waals surface area contributed by atoms with Gasteiger partial charge in [-0.3, -0.25) is 9.59 Å². The summed E-state index contributed by atoms with van der Waals surface area (Å²) in [4.78, 5) is 25.0. The fourth-order valence-corrected chi connectivity index (χ4v) is 4.49. The van der Waals surface area contributed by atoms with Gasteiger partial charge in [-0.05, 0) is 38.1 Å². The number of ketones is 2. The van der Waals surface area contributed by atoms with Gasteiger partial charge in [0.1, 0.15) is 0 Å². The number of benzene rings is 4. The normalized spacial score (nSPS) is 9.27. The van der Waals surface area contributed by atoms with Crippen LogP contribution in [-0.2, 0) is 11.0 Å². The molecule has 4 aromatic carbocycles. The fraction of sp³-hybridized carbons (Fsp3) is 0.111. The van der Waals surface area contributed by atoms with E-state index >= 15 is 0 Å². The molecule has 0 atom stereocenters. The zero-order valence-corrected chi connectivity index (χ0v) is 31.3. The van der Waals surface area contributed by atoms with Crippen LogP contribution >= 0.6 is 0 Å². The second-order valence-electron chi connectivity index (χ2n) is 9.42. The Morgan fingerprint density at radius 1 is 0.510 bits per heavy atom. The minimum atomic E-state index is -0.382. The van der Waals surface area contributed by atoms with Gasteiger partial charge in [-0.1, -0.05) is 97.1 Å². The molecule has 2 N–H and O–H groups in total. The Morgan fingerprint density at radius 3 is 1.02 bits per heavy atom. The SMILES string of the molecule is CO.CO.Cc1nn(-c2ccccc2)c([O-])c1C(=O)c1ccccc1.Cc1nn(-c2ccccc2)c([O-])c1C(=O)c1ccccc1.[O-2].[O-2].[U]. The van der Waals surface area contributed by atoms with Crippen molar-refractivity contribution in [2.75, 3.05) is 14.2 Å². The third kappa shape index (κ3) is 10.6. The smallest absolute Gasteiger partial charge is 0.195 e. The number of aromatic nitrogens is 4. The van der Waals surface area contributed by atoms with Gasteiger partial charge < -0.3 is 31.4 Å². The molecule has 2 aromatic heterocycles. The van der Waals surface area contributed by atoms with Crippen LogP contribution in [0.5, 0.6) is 11.8 Å². The fourth-order valence-electron chi connectivity index (χ4n) is 4.49. The molecule has 0 amide bonds. The first-order chi connectivity index (χ1) is 22.4. The Morgan fingerprint density at radius 2 is 0.755 bits per heavy atom. The zero-order chi connectivity index (χ0) is 33.6. The molecule has 256 valence electrons. The van der Waals surface area contributed by atoms with Crippen molar-refractivity contribution in [2.24, 2.45) is 0 Å². The number of carbonyl (C=O) groups is 2. The number of aliphatic hydroxyl groups is 2. The number of nitrogens with zero attached hydrogens (tertiary/aromatic N) is 4. The Labute approximate surface area is 307 Å². The molecule has 6 aromatic rings. The van der Waals surface area contributed by atoms with Gasteiger partial charge in [-0.15, -0.1) is 0 Å². The first-order valence-corrected chi connectivity index (χ1v) is 14.1. The Bertz CT molecular complexity index is 1710. The average Bonchev–Trinajstić information content (AvgIpc) is 3.60. The molecule has 0 radical (unpaired) electrons.